The molecule has 2 nitrogen and oxygen atoms in total. The number of ketones is 1. The first kappa shape index (κ1) is 8.53. The summed E-state index contributed by atoms with van der Waals surface area (Å²) < 4.78 is 0. The quantitative estimate of drug-likeness (QED) is 0.675. The Morgan fingerprint density at radius 2 is 2.08 bits per heavy atom. The standard InChI is InChI=1S/C10H10O2/c1-8(11)6-7-9-4-2-3-5-10(9)12/h2-7,12H,1H3. The van der Waals surface area contributed by atoms with Gasteiger partial charge in [0, 0.05) is 5.56 Å². The lowest BCUT2D eigenvalue weighted by Crippen LogP contribution is -1.80. The fourth-order valence-electron chi connectivity index (χ4n) is 0.836. The average Bonchev–Trinajstić information content (AvgIpc) is 2.03. The molecule has 1 N–H and O–H groups in total. The number of benzene rings is 1. The molecular formula is C10H10O2. The second-order valence-electron chi connectivity index (χ2n) is 2.50. The maximum absolute atomic E-state index is 10.6. The van der Waals surface area contributed by atoms with Crippen LogP contribution in [0.1, 0.15) is 12.5 Å². The van der Waals surface area contributed by atoms with Crippen LogP contribution in [-0.2, 0) is 4.79 Å². The molecule has 12 heavy (non-hydrogen) atoms. The summed E-state index contributed by atoms with van der Waals surface area (Å²) in [6, 6.07) is 6.87. The minimum atomic E-state index is -0.0294. The smallest absolute Gasteiger partial charge is 0.152 e. The van der Waals surface area contributed by atoms with Gasteiger partial charge in [-0.25, -0.2) is 0 Å². The summed E-state index contributed by atoms with van der Waals surface area (Å²) in [5.41, 5.74) is 0.660. The Kier molecular flexibility index (Phi) is 2.64. The van der Waals surface area contributed by atoms with Crippen LogP contribution in [0.15, 0.2) is 30.3 Å². The van der Waals surface area contributed by atoms with Crippen molar-refractivity contribution in [3.05, 3.63) is 35.9 Å². The van der Waals surface area contributed by atoms with E-state index in [0.717, 1.165) is 0 Å². The number of para-hydroxylation sites is 1. The van der Waals surface area contributed by atoms with Crippen molar-refractivity contribution in [2.75, 3.05) is 0 Å². The summed E-state index contributed by atoms with van der Waals surface area (Å²) >= 11 is 0. The van der Waals surface area contributed by atoms with Crippen LogP contribution in [0.3, 0.4) is 0 Å². The number of allylic oxidation sites excluding steroid dienone is 1. The molecule has 0 bridgehead atoms. The van der Waals surface area contributed by atoms with E-state index in [4.69, 9.17) is 0 Å². The predicted molar refractivity (Wildman–Crippen MR) is 47.8 cm³/mol. The summed E-state index contributed by atoms with van der Waals surface area (Å²) in [6.45, 7) is 1.47. The minimum Gasteiger partial charge on any atom is -0.507 e. The predicted octanol–water partition coefficient (Wildman–Crippen LogP) is 1.99. The van der Waals surface area contributed by atoms with Gasteiger partial charge in [0.15, 0.2) is 5.78 Å². The maximum Gasteiger partial charge on any atom is 0.152 e. The van der Waals surface area contributed by atoms with E-state index < -0.39 is 0 Å². The molecule has 0 spiro atoms. The molecule has 62 valence electrons. The van der Waals surface area contributed by atoms with Gasteiger partial charge in [0.05, 0.1) is 0 Å². The Hall–Kier alpha value is -1.57. The van der Waals surface area contributed by atoms with E-state index in [-0.39, 0.29) is 11.5 Å². The highest BCUT2D eigenvalue weighted by Gasteiger charge is 1.93. The van der Waals surface area contributed by atoms with E-state index in [1.54, 1.807) is 30.3 Å². The van der Waals surface area contributed by atoms with Crippen molar-refractivity contribution in [3.63, 3.8) is 0 Å². The highest BCUT2D eigenvalue weighted by Crippen LogP contribution is 2.16. The number of hydrogen-bond acceptors (Lipinski definition) is 2. The zero-order valence-electron chi connectivity index (χ0n) is 6.82. The van der Waals surface area contributed by atoms with E-state index in [1.807, 2.05) is 0 Å². The molecule has 1 aromatic carbocycles. The molecule has 2 heteroatoms. The third kappa shape index (κ3) is 2.23. The monoisotopic (exact) mass is 162 g/mol. The van der Waals surface area contributed by atoms with Crippen LogP contribution in [-0.4, -0.2) is 10.9 Å². The minimum absolute atomic E-state index is 0.0294. The average molecular weight is 162 g/mol. The zero-order valence-corrected chi connectivity index (χ0v) is 6.82. The molecule has 0 saturated heterocycles. The normalized spacial score (nSPS) is 10.4. The van der Waals surface area contributed by atoms with Crippen LogP contribution in [0, 0.1) is 0 Å². The molecular weight excluding hydrogens is 152 g/mol. The molecule has 0 amide bonds. The number of carbonyl (C=O) groups excluding carboxylic acids is 1. The second kappa shape index (κ2) is 3.72. The number of aromatic hydroxyl groups is 1. The number of carbonyl (C=O) groups is 1. The van der Waals surface area contributed by atoms with Crippen molar-refractivity contribution in [1.82, 2.24) is 0 Å². The van der Waals surface area contributed by atoms with Crippen molar-refractivity contribution in [3.8, 4) is 5.75 Å². The van der Waals surface area contributed by atoms with Gasteiger partial charge in [-0.3, -0.25) is 4.79 Å². The second-order valence-corrected chi connectivity index (χ2v) is 2.50. The van der Waals surface area contributed by atoms with E-state index >= 15 is 0 Å². The molecule has 0 aromatic heterocycles. The Morgan fingerprint density at radius 1 is 1.42 bits per heavy atom. The lowest BCUT2D eigenvalue weighted by atomic mass is 10.2. The summed E-state index contributed by atoms with van der Waals surface area (Å²) in [7, 11) is 0. The van der Waals surface area contributed by atoms with Gasteiger partial charge in [0.25, 0.3) is 0 Å². The van der Waals surface area contributed by atoms with Gasteiger partial charge < -0.3 is 5.11 Å². The lowest BCUT2D eigenvalue weighted by molar-refractivity contribution is -0.112. The van der Waals surface area contributed by atoms with Gasteiger partial charge in [-0.1, -0.05) is 18.2 Å². The number of rotatable bonds is 2. The molecule has 1 aromatic rings. The number of phenolic OH excluding ortho intramolecular Hbond substituents is 1. The van der Waals surface area contributed by atoms with Crippen LogP contribution >= 0.6 is 0 Å². The zero-order chi connectivity index (χ0) is 8.97. The van der Waals surface area contributed by atoms with E-state index in [9.17, 15) is 9.90 Å². The number of hydrogen-bond donors (Lipinski definition) is 1. The van der Waals surface area contributed by atoms with Crippen LogP contribution in [0.5, 0.6) is 5.75 Å². The van der Waals surface area contributed by atoms with E-state index in [2.05, 4.69) is 0 Å². The summed E-state index contributed by atoms with van der Waals surface area (Å²) in [5, 5.41) is 9.26. The van der Waals surface area contributed by atoms with Gasteiger partial charge in [0.2, 0.25) is 0 Å². The third-order valence-corrected chi connectivity index (χ3v) is 1.43. The molecule has 1 rings (SSSR count). The Balaban J connectivity index is 2.89. The van der Waals surface area contributed by atoms with Gasteiger partial charge in [-0.05, 0) is 25.1 Å². The fourth-order valence-corrected chi connectivity index (χ4v) is 0.836. The molecule has 0 heterocycles. The lowest BCUT2D eigenvalue weighted by Gasteiger charge is -1.95. The van der Waals surface area contributed by atoms with Crippen molar-refractivity contribution in [1.29, 1.82) is 0 Å². The van der Waals surface area contributed by atoms with Gasteiger partial charge in [0.1, 0.15) is 5.75 Å². The molecule has 0 saturated carbocycles. The highest BCUT2D eigenvalue weighted by molar-refractivity contribution is 5.91. The largest absolute Gasteiger partial charge is 0.507 e. The van der Waals surface area contributed by atoms with Gasteiger partial charge >= 0.3 is 0 Å². The first-order valence-electron chi connectivity index (χ1n) is 3.67. The van der Waals surface area contributed by atoms with Crippen molar-refractivity contribution < 1.29 is 9.90 Å². The summed E-state index contributed by atoms with van der Waals surface area (Å²) in [6.07, 6.45) is 3.02. The van der Waals surface area contributed by atoms with Crippen LogP contribution in [0.4, 0.5) is 0 Å². The highest BCUT2D eigenvalue weighted by atomic mass is 16.3. The van der Waals surface area contributed by atoms with Crippen LogP contribution in [0.25, 0.3) is 6.08 Å². The summed E-state index contributed by atoms with van der Waals surface area (Å²) in [4.78, 5) is 10.6. The molecule has 0 unspecified atom stereocenters. The molecule has 0 fully saturated rings. The Morgan fingerprint density at radius 3 is 2.67 bits per heavy atom. The van der Waals surface area contributed by atoms with E-state index in [1.165, 1.54) is 13.0 Å². The summed E-state index contributed by atoms with van der Waals surface area (Å²) in [5.74, 6) is 0.160. The molecule has 0 radical (unpaired) electrons. The SMILES string of the molecule is CC(=O)C=Cc1ccccc1O. The Labute approximate surface area is 71.2 Å². The van der Waals surface area contributed by atoms with Gasteiger partial charge in [-0.15, -0.1) is 0 Å². The van der Waals surface area contributed by atoms with Crippen LogP contribution < -0.4 is 0 Å². The van der Waals surface area contributed by atoms with Crippen molar-refractivity contribution >= 4 is 11.9 Å². The van der Waals surface area contributed by atoms with Crippen molar-refractivity contribution in [2.45, 2.75) is 6.92 Å². The van der Waals surface area contributed by atoms with Crippen LogP contribution in [0.2, 0.25) is 0 Å². The molecule has 0 atom stereocenters. The third-order valence-electron chi connectivity index (χ3n) is 1.43. The fraction of sp³-hybridized carbons (Fsp3) is 0.100. The first-order valence-corrected chi connectivity index (χ1v) is 3.67. The Bertz CT molecular complexity index is 313. The number of phenols is 1. The molecule has 0 aliphatic rings. The molecule has 0 aliphatic carbocycles. The van der Waals surface area contributed by atoms with Crippen molar-refractivity contribution in [2.24, 2.45) is 0 Å². The molecule has 0 aliphatic heterocycles. The van der Waals surface area contributed by atoms with E-state index in [0.29, 0.717) is 5.56 Å². The maximum atomic E-state index is 10.6. The van der Waals surface area contributed by atoms with Gasteiger partial charge in [-0.2, -0.15) is 0 Å². The topological polar surface area (TPSA) is 37.3 Å². The first-order chi connectivity index (χ1) is 5.70.